The monoisotopic (exact) mass is 228 g/mol. The Morgan fingerprint density at radius 1 is 1.19 bits per heavy atom. The van der Waals surface area contributed by atoms with Gasteiger partial charge in [-0.2, -0.15) is 0 Å². The first-order chi connectivity index (χ1) is 7.55. The van der Waals surface area contributed by atoms with Gasteiger partial charge < -0.3 is 14.6 Å². The first kappa shape index (κ1) is 12.3. The van der Waals surface area contributed by atoms with Crippen molar-refractivity contribution in [2.24, 2.45) is 5.41 Å². The molecule has 0 bridgehead atoms. The van der Waals surface area contributed by atoms with Crippen LogP contribution in [0.2, 0.25) is 0 Å². The molecule has 0 amide bonds. The lowest BCUT2D eigenvalue weighted by molar-refractivity contribution is -0.185. The molecule has 0 radical (unpaired) electrons. The molecule has 1 saturated heterocycles. The third kappa shape index (κ3) is 2.76. The van der Waals surface area contributed by atoms with Crippen LogP contribution in [0.15, 0.2) is 0 Å². The Morgan fingerprint density at radius 2 is 1.88 bits per heavy atom. The molecule has 16 heavy (non-hydrogen) atoms. The molecule has 94 valence electrons. The summed E-state index contributed by atoms with van der Waals surface area (Å²) in [4.78, 5) is 0. The van der Waals surface area contributed by atoms with Crippen LogP contribution in [0.1, 0.15) is 52.4 Å². The maximum absolute atomic E-state index is 8.72. The fraction of sp³-hybridized carbons (Fsp3) is 1.00. The standard InChI is InChI=1S/C13H24O3/c1-12(2)5-7-13(8-6-12)4-3-11(16-13)15-10-9-14/h11,14H,3-10H2,1-2H3. The topological polar surface area (TPSA) is 38.7 Å². The average Bonchev–Trinajstić information content (AvgIpc) is 2.65. The lowest BCUT2D eigenvalue weighted by Crippen LogP contribution is -2.37. The number of aliphatic hydroxyl groups is 1. The van der Waals surface area contributed by atoms with E-state index in [9.17, 15) is 0 Å². The number of aliphatic hydroxyl groups excluding tert-OH is 1. The molecule has 0 aromatic rings. The van der Waals surface area contributed by atoms with E-state index in [1.807, 2.05) is 0 Å². The molecule has 3 nitrogen and oxygen atoms in total. The van der Waals surface area contributed by atoms with Crippen LogP contribution in [-0.4, -0.2) is 30.2 Å². The van der Waals surface area contributed by atoms with E-state index >= 15 is 0 Å². The van der Waals surface area contributed by atoms with Gasteiger partial charge in [0, 0.05) is 6.42 Å². The van der Waals surface area contributed by atoms with Crippen LogP contribution in [0, 0.1) is 5.41 Å². The van der Waals surface area contributed by atoms with Crippen LogP contribution in [-0.2, 0) is 9.47 Å². The van der Waals surface area contributed by atoms with E-state index in [0.717, 1.165) is 12.8 Å². The number of hydrogen-bond donors (Lipinski definition) is 1. The Kier molecular flexibility index (Phi) is 3.57. The second-order valence-corrected chi connectivity index (χ2v) is 6.03. The van der Waals surface area contributed by atoms with E-state index in [1.54, 1.807) is 0 Å². The maximum Gasteiger partial charge on any atom is 0.158 e. The van der Waals surface area contributed by atoms with Crippen LogP contribution in [0.4, 0.5) is 0 Å². The molecule has 2 aliphatic rings. The van der Waals surface area contributed by atoms with Crippen LogP contribution in [0.3, 0.4) is 0 Å². The molecule has 2 fully saturated rings. The number of hydrogen-bond acceptors (Lipinski definition) is 3. The quantitative estimate of drug-likeness (QED) is 0.806. The molecule has 0 aromatic heterocycles. The molecule has 0 aromatic carbocycles. The summed E-state index contributed by atoms with van der Waals surface area (Å²) in [6, 6.07) is 0. The van der Waals surface area contributed by atoms with Crippen LogP contribution < -0.4 is 0 Å². The third-order valence-corrected chi connectivity index (χ3v) is 4.13. The predicted octanol–water partition coefficient (Wildman–Crippen LogP) is 2.47. The molecule has 1 heterocycles. The van der Waals surface area contributed by atoms with Gasteiger partial charge in [0.1, 0.15) is 0 Å². The van der Waals surface area contributed by atoms with Gasteiger partial charge in [-0.3, -0.25) is 0 Å². The van der Waals surface area contributed by atoms with Gasteiger partial charge >= 0.3 is 0 Å². The first-order valence-electron chi connectivity index (χ1n) is 6.46. The van der Waals surface area contributed by atoms with Crippen molar-refractivity contribution in [2.45, 2.75) is 64.3 Å². The van der Waals surface area contributed by atoms with Gasteiger partial charge in [-0.15, -0.1) is 0 Å². The van der Waals surface area contributed by atoms with E-state index in [4.69, 9.17) is 14.6 Å². The van der Waals surface area contributed by atoms with E-state index in [0.29, 0.717) is 12.0 Å². The van der Waals surface area contributed by atoms with Gasteiger partial charge in [-0.05, 0) is 37.5 Å². The fourth-order valence-corrected chi connectivity index (χ4v) is 2.83. The van der Waals surface area contributed by atoms with Gasteiger partial charge in [-0.1, -0.05) is 13.8 Å². The van der Waals surface area contributed by atoms with Crippen molar-refractivity contribution in [3.05, 3.63) is 0 Å². The van der Waals surface area contributed by atoms with Gasteiger partial charge in [0.2, 0.25) is 0 Å². The minimum Gasteiger partial charge on any atom is -0.394 e. The van der Waals surface area contributed by atoms with E-state index < -0.39 is 0 Å². The minimum absolute atomic E-state index is 0.0756. The summed E-state index contributed by atoms with van der Waals surface area (Å²) in [6.45, 7) is 5.16. The van der Waals surface area contributed by atoms with Crippen molar-refractivity contribution in [1.82, 2.24) is 0 Å². The Hall–Kier alpha value is -0.120. The van der Waals surface area contributed by atoms with Crippen molar-refractivity contribution in [2.75, 3.05) is 13.2 Å². The maximum atomic E-state index is 8.72. The summed E-state index contributed by atoms with van der Waals surface area (Å²) in [5, 5.41) is 8.72. The zero-order chi connectivity index (χ0) is 11.6. The molecule has 2 rings (SSSR count). The van der Waals surface area contributed by atoms with Crippen molar-refractivity contribution >= 4 is 0 Å². The highest BCUT2D eigenvalue weighted by Gasteiger charge is 2.44. The minimum atomic E-state index is -0.0756. The third-order valence-electron chi connectivity index (χ3n) is 4.13. The Bertz CT molecular complexity index is 227. The molecule has 1 N–H and O–H groups in total. The molecular weight excluding hydrogens is 204 g/mol. The average molecular weight is 228 g/mol. The smallest absolute Gasteiger partial charge is 0.158 e. The molecule has 1 spiro atoms. The summed E-state index contributed by atoms with van der Waals surface area (Å²) in [5.41, 5.74) is 0.578. The largest absolute Gasteiger partial charge is 0.394 e. The Labute approximate surface area is 98.1 Å². The highest BCUT2D eigenvalue weighted by Crippen LogP contribution is 2.47. The first-order valence-corrected chi connectivity index (χ1v) is 6.46. The summed E-state index contributed by atoms with van der Waals surface area (Å²) < 4.78 is 11.5. The van der Waals surface area contributed by atoms with E-state index in [2.05, 4.69) is 13.8 Å². The zero-order valence-electron chi connectivity index (χ0n) is 10.5. The lowest BCUT2D eigenvalue weighted by Gasteiger charge is -2.40. The zero-order valence-corrected chi connectivity index (χ0v) is 10.5. The second kappa shape index (κ2) is 4.63. The predicted molar refractivity (Wildman–Crippen MR) is 62.1 cm³/mol. The molecular formula is C13H24O3. The van der Waals surface area contributed by atoms with Gasteiger partial charge in [0.15, 0.2) is 6.29 Å². The molecule has 1 atom stereocenters. The molecule has 3 heteroatoms. The van der Waals surface area contributed by atoms with Gasteiger partial charge in [-0.25, -0.2) is 0 Å². The molecule has 1 saturated carbocycles. The molecule has 1 aliphatic heterocycles. The summed E-state index contributed by atoms with van der Waals surface area (Å²) >= 11 is 0. The SMILES string of the molecule is CC1(C)CCC2(CCC(OCCO)O2)CC1. The fourth-order valence-electron chi connectivity index (χ4n) is 2.83. The van der Waals surface area contributed by atoms with Crippen molar-refractivity contribution in [1.29, 1.82) is 0 Å². The lowest BCUT2D eigenvalue weighted by atomic mass is 9.70. The van der Waals surface area contributed by atoms with Gasteiger partial charge in [0.05, 0.1) is 18.8 Å². The van der Waals surface area contributed by atoms with Crippen LogP contribution in [0.25, 0.3) is 0 Å². The van der Waals surface area contributed by atoms with Crippen LogP contribution >= 0.6 is 0 Å². The molecule has 1 unspecified atom stereocenters. The summed E-state index contributed by atoms with van der Waals surface area (Å²) in [6.07, 6.45) is 6.87. The Balaban J connectivity index is 1.83. The normalized spacial score (nSPS) is 32.1. The van der Waals surface area contributed by atoms with Crippen molar-refractivity contribution < 1.29 is 14.6 Å². The van der Waals surface area contributed by atoms with Crippen molar-refractivity contribution in [3.8, 4) is 0 Å². The molecule has 1 aliphatic carbocycles. The second-order valence-electron chi connectivity index (χ2n) is 6.03. The van der Waals surface area contributed by atoms with Gasteiger partial charge in [0.25, 0.3) is 0 Å². The Morgan fingerprint density at radius 3 is 2.50 bits per heavy atom. The van der Waals surface area contributed by atoms with E-state index in [1.165, 1.54) is 25.7 Å². The number of ether oxygens (including phenoxy) is 2. The highest BCUT2D eigenvalue weighted by molar-refractivity contribution is 4.93. The highest BCUT2D eigenvalue weighted by atomic mass is 16.7. The number of rotatable bonds is 3. The summed E-state index contributed by atoms with van der Waals surface area (Å²) in [7, 11) is 0. The van der Waals surface area contributed by atoms with Crippen molar-refractivity contribution in [3.63, 3.8) is 0 Å². The summed E-state index contributed by atoms with van der Waals surface area (Å²) in [5.74, 6) is 0. The van der Waals surface area contributed by atoms with Crippen LogP contribution in [0.5, 0.6) is 0 Å². The van der Waals surface area contributed by atoms with E-state index in [-0.39, 0.29) is 18.5 Å².